The lowest BCUT2D eigenvalue weighted by Crippen LogP contribution is -2.19. The van der Waals surface area contributed by atoms with Crippen LogP contribution in [0.4, 0.5) is 0 Å². The van der Waals surface area contributed by atoms with E-state index in [-0.39, 0.29) is 17.9 Å². The van der Waals surface area contributed by atoms with Crippen molar-refractivity contribution in [2.24, 2.45) is 0 Å². The first-order chi connectivity index (χ1) is 10.0. The van der Waals surface area contributed by atoms with E-state index in [0.29, 0.717) is 16.3 Å². The quantitative estimate of drug-likeness (QED) is 0.807. The molecule has 0 atom stereocenters. The van der Waals surface area contributed by atoms with Gasteiger partial charge >= 0.3 is 5.97 Å². The second-order valence-corrected chi connectivity index (χ2v) is 4.97. The third-order valence-corrected chi connectivity index (χ3v) is 3.37. The van der Waals surface area contributed by atoms with Crippen LogP contribution < -0.4 is 5.56 Å². The van der Waals surface area contributed by atoms with Gasteiger partial charge in [-0.3, -0.25) is 4.79 Å². The molecule has 0 unspecified atom stereocenters. The Kier molecular flexibility index (Phi) is 3.27. The average Bonchev–Trinajstić information content (AvgIpc) is 2.91. The lowest BCUT2D eigenvalue weighted by Gasteiger charge is -2.08. The van der Waals surface area contributed by atoms with E-state index < -0.39 is 5.97 Å². The number of furan rings is 1. The number of halogens is 1. The second kappa shape index (κ2) is 5.10. The van der Waals surface area contributed by atoms with Crippen molar-refractivity contribution in [3.63, 3.8) is 0 Å². The van der Waals surface area contributed by atoms with Crippen molar-refractivity contribution in [3.05, 3.63) is 69.4 Å². The summed E-state index contributed by atoms with van der Waals surface area (Å²) in [7, 11) is 0. The molecule has 0 aliphatic rings. The molecule has 0 saturated heterocycles. The molecule has 0 amide bonds. The van der Waals surface area contributed by atoms with Crippen molar-refractivity contribution in [2.75, 3.05) is 0 Å². The molecule has 0 aliphatic carbocycles. The van der Waals surface area contributed by atoms with Crippen LogP contribution in [0, 0.1) is 0 Å². The molecule has 106 valence electrons. The summed E-state index contributed by atoms with van der Waals surface area (Å²) in [6.07, 6.45) is 0. The van der Waals surface area contributed by atoms with Gasteiger partial charge in [0.15, 0.2) is 0 Å². The molecule has 1 N–H and O–H groups in total. The average molecular weight is 304 g/mol. The van der Waals surface area contributed by atoms with Gasteiger partial charge in [0, 0.05) is 11.1 Å². The Bertz CT molecular complexity index is 894. The van der Waals surface area contributed by atoms with Crippen LogP contribution in [0.1, 0.15) is 16.3 Å². The standard InChI is InChI=1S/C15H10ClNO4/c16-10-2-4-12-9(7-10)1-6-14(18)17(12)8-11-3-5-13(21-11)15(19)20/h1-7H,8H2,(H,19,20). The highest BCUT2D eigenvalue weighted by atomic mass is 35.5. The van der Waals surface area contributed by atoms with Crippen LogP contribution >= 0.6 is 11.6 Å². The summed E-state index contributed by atoms with van der Waals surface area (Å²) in [5, 5.41) is 10.3. The van der Waals surface area contributed by atoms with E-state index in [0.717, 1.165) is 5.39 Å². The maximum atomic E-state index is 12.0. The van der Waals surface area contributed by atoms with E-state index in [9.17, 15) is 9.59 Å². The van der Waals surface area contributed by atoms with E-state index in [1.54, 1.807) is 30.3 Å². The number of nitrogens with zero attached hydrogens (tertiary/aromatic N) is 1. The van der Waals surface area contributed by atoms with Gasteiger partial charge < -0.3 is 14.1 Å². The van der Waals surface area contributed by atoms with Crippen molar-refractivity contribution in [2.45, 2.75) is 6.54 Å². The molecule has 3 rings (SSSR count). The molecular weight excluding hydrogens is 294 g/mol. The van der Waals surface area contributed by atoms with Crippen molar-refractivity contribution in [3.8, 4) is 0 Å². The smallest absolute Gasteiger partial charge is 0.371 e. The zero-order chi connectivity index (χ0) is 15.0. The summed E-state index contributed by atoms with van der Waals surface area (Å²) < 4.78 is 6.70. The van der Waals surface area contributed by atoms with Crippen LogP contribution in [0.15, 0.2) is 51.7 Å². The number of hydrogen-bond acceptors (Lipinski definition) is 3. The Labute approximate surface area is 124 Å². The van der Waals surface area contributed by atoms with Crippen molar-refractivity contribution in [1.29, 1.82) is 0 Å². The lowest BCUT2D eigenvalue weighted by molar-refractivity contribution is 0.0660. The fourth-order valence-electron chi connectivity index (χ4n) is 2.17. The van der Waals surface area contributed by atoms with E-state index in [1.165, 1.54) is 16.7 Å². The minimum atomic E-state index is -1.14. The van der Waals surface area contributed by atoms with Crippen molar-refractivity contribution in [1.82, 2.24) is 4.57 Å². The molecule has 0 fully saturated rings. The Balaban J connectivity index is 2.08. The normalized spacial score (nSPS) is 10.9. The number of benzene rings is 1. The molecule has 21 heavy (non-hydrogen) atoms. The van der Waals surface area contributed by atoms with Crippen LogP contribution in [0.25, 0.3) is 10.9 Å². The van der Waals surface area contributed by atoms with E-state index in [4.69, 9.17) is 21.1 Å². The number of hydrogen-bond donors (Lipinski definition) is 1. The number of carbonyl (C=O) groups is 1. The van der Waals surface area contributed by atoms with Crippen LogP contribution in [-0.4, -0.2) is 15.6 Å². The van der Waals surface area contributed by atoms with Crippen molar-refractivity contribution < 1.29 is 14.3 Å². The fourth-order valence-corrected chi connectivity index (χ4v) is 2.35. The summed E-state index contributed by atoms with van der Waals surface area (Å²) in [6, 6.07) is 11.3. The second-order valence-electron chi connectivity index (χ2n) is 4.53. The topological polar surface area (TPSA) is 72.4 Å². The molecule has 0 aliphatic heterocycles. The highest BCUT2D eigenvalue weighted by Crippen LogP contribution is 2.19. The van der Waals surface area contributed by atoms with Gasteiger partial charge in [0.25, 0.3) is 5.56 Å². The molecule has 1 aromatic carbocycles. The monoisotopic (exact) mass is 303 g/mol. The van der Waals surface area contributed by atoms with Gasteiger partial charge in [0.1, 0.15) is 5.76 Å². The maximum Gasteiger partial charge on any atom is 0.371 e. The summed E-state index contributed by atoms with van der Waals surface area (Å²) >= 11 is 5.94. The Morgan fingerprint density at radius 2 is 2.00 bits per heavy atom. The first-order valence-corrected chi connectivity index (χ1v) is 6.53. The van der Waals surface area contributed by atoms with E-state index >= 15 is 0 Å². The first-order valence-electron chi connectivity index (χ1n) is 6.16. The van der Waals surface area contributed by atoms with Crippen LogP contribution in [-0.2, 0) is 6.54 Å². The SMILES string of the molecule is O=C(O)c1ccc(Cn2c(=O)ccc3cc(Cl)ccc32)o1. The van der Waals surface area contributed by atoms with Gasteiger partial charge in [-0.1, -0.05) is 11.6 Å². The zero-order valence-corrected chi connectivity index (χ0v) is 11.5. The Morgan fingerprint density at radius 3 is 2.71 bits per heavy atom. The molecule has 2 aromatic heterocycles. The molecule has 6 heteroatoms. The summed E-state index contributed by atoms with van der Waals surface area (Å²) in [5.41, 5.74) is 0.512. The molecule has 0 bridgehead atoms. The van der Waals surface area contributed by atoms with E-state index in [1.807, 2.05) is 0 Å². The maximum absolute atomic E-state index is 12.0. The Morgan fingerprint density at radius 1 is 1.19 bits per heavy atom. The minimum absolute atomic E-state index is 0.152. The molecule has 0 radical (unpaired) electrons. The summed E-state index contributed by atoms with van der Waals surface area (Å²) in [6.45, 7) is 0.158. The molecule has 0 spiro atoms. The third kappa shape index (κ3) is 2.55. The predicted octanol–water partition coefficient (Wildman–Crippen LogP) is 2.99. The number of fused-ring (bicyclic) bond motifs is 1. The molecule has 5 nitrogen and oxygen atoms in total. The van der Waals surface area contributed by atoms with Crippen LogP contribution in [0.2, 0.25) is 5.02 Å². The highest BCUT2D eigenvalue weighted by Gasteiger charge is 2.11. The number of carboxylic acids is 1. The van der Waals surface area contributed by atoms with Gasteiger partial charge in [-0.15, -0.1) is 0 Å². The number of aromatic nitrogens is 1. The predicted molar refractivity (Wildman–Crippen MR) is 78.0 cm³/mol. The number of carboxylic acid groups (broad SMARTS) is 1. The van der Waals surface area contributed by atoms with Crippen LogP contribution in [0.5, 0.6) is 0 Å². The highest BCUT2D eigenvalue weighted by molar-refractivity contribution is 6.31. The summed E-state index contributed by atoms with van der Waals surface area (Å²) in [5.74, 6) is -0.892. The minimum Gasteiger partial charge on any atom is -0.475 e. The van der Waals surface area contributed by atoms with Gasteiger partial charge in [-0.25, -0.2) is 4.79 Å². The number of rotatable bonds is 3. The fraction of sp³-hybridized carbons (Fsp3) is 0.0667. The molecular formula is C15H10ClNO4. The molecule has 3 aromatic rings. The molecule has 2 heterocycles. The van der Waals surface area contributed by atoms with E-state index in [2.05, 4.69) is 0 Å². The van der Waals surface area contributed by atoms with Crippen LogP contribution in [0.3, 0.4) is 0 Å². The van der Waals surface area contributed by atoms with Crippen molar-refractivity contribution >= 4 is 28.5 Å². The number of aromatic carboxylic acids is 1. The first kappa shape index (κ1) is 13.5. The third-order valence-electron chi connectivity index (χ3n) is 3.14. The van der Waals surface area contributed by atoms with Gasteiger partial charge in [0.2, 0.25) is 5.76 Å². The van der Waals surface area contributed by atoms with Gasteiger partial charge in [-0.2, -0.15) is 0 Å². The summed E-state index contributed by atoms with van der Waals surface area (Å²) in [4.78, 5) is 22.8. The van der Waals surface area contributed by atoms with Gasteiger partial charge in [0.05, 0.1) is 12.1 Å². The van der Waals surface area contributed by atoms with Gasteiger partial charge in [-0.05, 0) is 41.8 Å². The molecule has 0 saturated carbocycles. The number of pyridine rings is 1. The lowest BCUT2D eigenvalue weighted by atomic mass is 10.2. The zero-order valence-electron chi connectivity index (χ0n) is 10.7. The largest absolute Gasteiger partial charge is 0.475 e. The Hall–Kier alpha value is -2.53.